The van der Waals surface area contributed by atoms with Gasteiger partial charge in [0, 0.05) is 25.7 Å². The fourth-order valence-corrected chi connectivity index (χ4v) is 6.77. The average molecular weight is 837 g/mol. The standard InChI is InChI=1S/C42H81N2O12P/c1-3-5-7-9-11-13-15-17-19-21-23-27-39(45)51-33-37(55-41(47)28-24-22-20-18-16-14-12-10-8-6-4-2)35-53-57(49,50)54-36-38(56-42(48)30-26-32-44)34-52-40(46)29-25-31-43/h37-38H,3-36,43-44H2,1-2H3,(H,49,50). The molecule has 15 heteroatoms. The molecule has 0 aliphatic rings. The molecule has 5 N–H and O–H groups in total. The molecule has 0 saturated heterocycles. The fourth-order valence-electron chi connectivity index (χ4n) is 5.99. The summed E-state index contributed by atoms with van der Waals surface area (Å²) in [5, 5.41) is 0. The van der Waals surface area contributed by atoms with E-state index in [1.54, 1.807) is 0 Å². The number of phosphoric acid groups is 1. The highest BCUT2D eigenvalue weighted by Gasteiger charge is 2.29. The van der Waals surface area contributed by atoms with E-state index in [0.29, 0.717) is 25.7 Å². The Labute approximate surface area is 344 Å². The van der Waals surface area contributed by atoms with Crippen LogP contribution in [-0.2, 0) is 51.7 Å². The van der Waals surface area contributed by atoms with Crippen LogP contribution in [0.25, 0.3) is 0 Å². The van der Waals surface area contributed by atoms with Crippen molar-refractivity contribution in [2.24, 2.45) is 11.5 Å². The highest BCUT2D eigenvalue weighted by Crippen LogP contribution is 2.43. The molecule has 0 fully saturated rings. The summed E-state index contributed by atoms with van der Waals surface area (Å²) in [4.78, 5) is 60.0. The van der Waals surface area contributed by atoms with Crippen LogP contribution in [0.3, 0.4) is 0 Å². The van der Waals surface area contributed by atoms with E-state index in [1.165, 1.54) is 89.9 Å². The van der Waals surface area contributed by atoms with Gasteiger partial charge in [-0.3, -0.25) is 28.2 Å². The van der Waals surface area contributed by atoms with Crippen molar-refractivity contribution >= 4 is 31.7 Å². The van der Waals surface area contributed by atoms with E-state index in [9.17, 15) is 28.6 Å². The van der Waals surface area contributed by atoms with Crippen LogP contribution in [0.2, 0.25) is 0 Å². The Bertz CT molecular complexity index is 1050. The second-order valence-corrected chi connectivity index (χ2v) is 16.5. The second kappa shape index (κ2) is 39.4. The summed E-state index contributed by atoms with van der Waals surface area (Å²) < 4.78 is 44.5. The topological polar surface area (TPSA) is 213 Å². The number of ether oxygens (including phenoxy) is 4. The molecule has 336 valence electrons. The van der Waals surface area contributed by atoms with Crippen molar-refractivity contribution in [1.29, 1.82) is 0 Å². The lowest BCUT2D eigenvalue weighted by atomic mass is 10.1. The van der Waals surface area contributed by atoms with Gasteiger partial charge in [-0.25, -0.2) is 4.57 Å². The number of phosphoric ester groups is 1. The lowest BCUT2D eigenvalue weighted by Crippen LogP contribution is -2.31. The predicted molar refractivity (Wildman–Crippen MR) is 222 cm³/mol. The van der Waals surface area contributed by atoms with E-state index in [1.807, 2.05) is 0 Å². The minimum absolute atomic E-state index is 0.00831. The molecule has 0 heterocycles. The minimum atomic E-state index is -4.81. The van der Waals surface area contributed by atoms with Crippen LogP contribution in [0.15, 0.2) is 0 Å². The Morgan fingerprint density at radius 3 is 1.05 bits per heavy atom. The molecule has 0 saturated carbocycles. The molecule has 0 radical (unpaired) electrons. The van der Waals surface area contributed by atoms with Crippen LogP contribution >= 0.6 is 7.82 Å². The molecule has 0 bridgehead atoms. The summed E-state index contributed by atoms with van der Waals surface area (Å²) in [5.74, 6) is -2.22. The summed E-state index contributed by atoms with van der Waals surface area (Å²) in [6.07, 6.45) is 23.9. The molecule has 0 aliphatic heterocycles. The SMILES string of the molecule is CCCCCCCCCCCCCC(=O)OCC(COP(=O)(O)OCC(COC(=O)CCCN)OC(=O)CCCN)OC(=O)CCCCCCCCCCCCC. The number of carbonyl (C=O) groups is 4. The van der Waals surface area contributed by atoms with E-state index >= 15 is 0 Å². The fraction of sp³-hybridized carbons (Fsp3) is 0.905. The molecule has 0 spiro atoms. The van der Waals surface area contributed by atoms with E-state index < -0.39 is 63.7 Å². The molecule has 0 aliphatic carbocycles. The summed E-state index contributed by atoms with van der Waals surface area (Å²) in [7, 11) is -4.81. The third-order valence-electron chi connectivity index (χ3n) is 9.44. The van der Waals surface area contributed by atoms with Crippen LogP contribution in [0.4, 0.5) is 0 Å². The first-order valence-electron chi connectivity index (χ1n) is 22.3. The van der Waals surface area contributed by atoms with Gasteiger partial charge >= 0.3 is 31.7 Å². The Balaban J connectivity index is 5.02. The number of hydrogen-bond donors (Lipinski definition) is 3. The van der Waals surface area contributed by atoms with Crippen molar-refractivity contribution in [2.45, 2.75) is 206 Å². The van der Waals surface area contributed by atoms with Gasteiger partial charge in [-0.15, -0.1) is 0 Å². The van der Waals surface area contributed by atoms with Gasteiger partial charge in [0.2, 0.25) is 0 Å². The molecule has 0 amide bonds. The van der Waals surface area contributed by atoms with Gasteiger partial charge < -0.3 is 35.3 Å². The first-order valence-corrected chi connectivity index (χ1v) is 23.8. The molecular weight excluding hydrogens is 755 g/mol. The number of nitrogens with two attached hydrogens (primary N) is 2. The molecule has 3 atom stereocenters. The van der Waals surface area contributed by atoms with Gasteiger partial charge in [0.15, 0.2) is 12.2 Å². The van der Waals surface area contributed by atoms with Crippen LogP contribution in [0.1, 0.15) is 194 Å². The summed E-state index contributed by atoms with van der Waals surface area (Å²) in [6, 6.07) is 0. The monoisotopic (exact) mass is 837 g/mol. The molecule has 0 aromatic carbocycles. The zero-order valence-electron chi connectivity index (χ0n) is 35.7. The largest absolute Gasteiger partial charge is 0.472 e. The number of esters is 4. The third-order valence-corrected chi connectivity index (χ3v) is 10.4. The first-order chi connectivity index (χ1) is 27.6. The summed E-state index contributed by atoms with van der Waals surface area (Å²) >= 11 is 0. The van der Waals surface area contributed by atoms with Gasteiger partial charge in [0.05, 0.1) is 13.2 Å². The van der Waals surface area contributed by atoms with Crippen molar-refractivity contribution in [1.82, 2.24) is 0 Å². The Morgan fingerprint density at radius 2 is 0.719 bits per heavy atom. The van der Waals surface area contributed by atoms with Crippen molar-refractivity contribution in [3.8, 4) is 0 Å². The number of rotatable bonds is 42. The van der Waals surface area contributed by atoms with Crippen LogP contribution < -0.4 is 11.5 Å². The van der Waals surface area contributed by atoms with Gasteiger partial charge in [-0.05, 0) is 38.8 Å². The molecule has 0 rings (SSSR count). The van der Waals surface area contributed by atoms with Crippen LogP contribution in [0.5, 0.6) is 0 Å². The summed E-state index contributed by atoms with van der Waals surface area (Å²) in [6.45, 7) is 2.95. The molecular formula is C42H81N2O12P. The predicted octanol–water partition coefficient (Wildman–Crippen LogP) is 8.91. The van der Waals surface area contributed by atoms with Gasteiger partial charge in [0.1, 0.15) is 13.2 Å². The van der Waals surface area contributed by atoms with Crippen molar-refractivity contribution in [3.05, 3.63) is 0 Å². The first kappa shape index (κ1) is 54.9. The molecule has 14 nitrogen and oxygen atoms in total. The molecule has 0 aromatic heterocycles. The quantitative estimate of drug-likeness (QED) is 0.0227. The van der Waals surface area contributed by atoms with E-state index in [-0.39, 0.29) is 45.4 Å². The van der Waals surface area contributed by atoms with Gasteiger partial charge in [-0.1, -0.05) is 142 Å². The lowest BCUT2D eigenvalue weighted by Gasteiger charge is -2.22. The van der Waals surface area contributed by atoms with Crippen molar-refractivity contribution in [3.63, 3.8) is 0 Å². The maximum atomic E-state index is 12.9. The van der Waals surface area contributed by atoms with E-state index in [0.717, 1.165) is 38.5 Å². The maximum absolute atomic E-state index is 12.9. The smallest absolute Gasteiger partial charge is 0.462 e. The zero-order valence-corrected chi connectivity index (χ0v) is 36.6. The number of unbranched alkanes of at least 4 members (excludes halogenated alkanes) is 20. The van der Waals surface area contributed by atoms with Crippen molar-refractivity contribution < 1.29 is 56.6 Å². The maximum Gasteiger partial charge on any atom is 0.472 e. The number of carbonyl (C=O) groups excluding carboxylic acids is 4. The number of hydrogen-bond acceptors (Lipinski definition) is 13. The minimum Gasteiger partial charge on any atom is -0.462 e. The normalized spacial score (nSPS) is 13.4. The molecule has 0 aromatic rings. The van der Waals surface area contributed by atoms with Crippen LogP contribution in [0, 0.1) is 0 Å². The third kappa shape index (κ3) is 37.9. The van der Waals surface area contributed by atoms with Gasteiger partial charge in [-0.2, -0.15) is 0 Å². The highest BCUT2D eigenvalue weighted by atomic mass is 31.2. The Hall–Kier alpha value is -2.09. The molecule has 57 heavy (non-hydrogen) atoms. The van der Waals surface area contributed by atoms with E-state index in [4.69, 9.17) is 39.5 Å². The summed E-state index contributed by atoms with van der Waals surface area (Å²) in [5.41, 5.74) is 10.9. The van der Waals surface area contributed by atoms with E-state index in [2.05, 4.69) is 13.8 Å². The lowest BCUT2D eigenvalue weighted by molar-refractivity contribution is -0.162. The second-order valence-electron chi connectivity index (χ2n) is 15.0. The zero-order chi connectivity index (χ0) is 42.2. The Morgan fingerprint density at radius 1 is 0.439 bits per heavy atom. The van der Waals surface area contributed by atoms with Crippen molar-refractivity contribution in [2.75, 3.05) is 39.5 Å². The van der Waals surface area contributed by atoms with Gasteiger partial charge in [0.25, 0.3) is 0 Å². The highest BCUT2D eigenvalue weighted by molar-refractivity contribution is 7.47. The van der Waals surface area contributed by atoms with Crippen LogP contribution in [-0.4, -0.2) is 80.5 Å². The molecule has 3 unspecified atom stereocenters. The Kier molecular flexibility index (Phi) is 37.9. The average Bonchev–Trinajstić information content (AvgIpc) is 3.19.